The van der Waals surface area contributed by atoms with Crippen molar-refractivity contribution >= 4 is 43.4 Å². The molecule has 0 aliphatic carbocycles. The fourth-order valence-corrected chi connectivity index (χ4v) is 7.51. The summed E-state index contributed by atoms with van der Waals surface area (Å²) >= 11 is 0. The molecular weight excluding hydrogens is 558 g/mol. The second kappa shape index (κ2) is 9.69. The molecule has 1 aliphatic heterocycles. The lowest BCUT2D eigenvalue weighted by atomic mass is 9.89. The van der Waals surface area contributed by atoms with E-state index < -0.39 is 0 Å². The third kappa shape index (κ3) is 3.65. The number of fused-ring (bicyclic) bond motifs is 7. The molecule has 0 spiro atoms. The van der Waals surface area contributed by atoms with E-state index in [0.29, 0.717) is 0 Å². The molecule has 0 fully saturated rings. The Morgan fingerprint density at radius 2 is 1.07 bits per heavy atom. The van der Waals surface area contributed by atoms with Crippen LogP contribution in [0.1, 0.15) is 0 Å². The Labute approximate surface area is 266 Å². The lowest BCUT2D eigenvalue weighted by Crippen LogP contribution is -1.97. The highest BCUT2D eigenvalue weighted by Gasteiger charge is 2.21. The van der Waals surface area contributed by atoms with Crippen LogP contribution in [-0.2, 0) is 0 Å². The van der Waals surface area contributed by atoms with Gasteiger partial charge in [-0.15, -0.1) is 0 Å². The average molecular weight is 586 g/mol. The van der Waals surface area contributed by atoms with E-state index in [-0.39, 0.29) is 0 Å². The van der Waals surface area contributed by atoms with Gasteiger partial charge in [0.15, 0.2) is 0 Å². The van der Waals surface area contributed by atoms with Crippen LogP contribution in [0.15, 0.2) is 164 Å². The van der Waals surface area contributed by atoms with Crippen LogP contribution in [0.5, 0.6) is 11.5 Å². The van der Waals surface area contributed by atoms with Crippen molar-refractivity contribution < 1.29 is 4.74 Å². The molecular formula is C44H27NO. The van der Waals surface area contributed by atoms with Crippen LogP contribution in [0, 0.1) is 0 Å². The molecule has 0 N–H and O–H groups in total. The zero-order valence-corrected chi connectivity index (χ0v) is 24.9. The molecule has 2 heterocycles. The lowest BCUT2D eigenvalue weighted by molar-refractivity contribution is 0.487. The first kappa shape index (κ1) is 25.2. The van der Waals surface area contributed by atoms with E-state index in [4.69, 9.17) is 4.74 Å². The van der Waals surface area contributed by atoms with Crippen molar-refractivity contribution in [1.82, 2.24) is 4.57 Å². The zero-order chi connectivity index (χ0) is 30.2. The fourth-order valence-electron chi connectivity index (χ4n) is 7.51. The van der Waals surface area contributed by atoms with Crippen LogP contribution in [0.4, 0.5) is 0 Å². The van der Waals surface area contributed by atoms with Gasteiger partial charge in [-0.2, -0.15) is 0 Å². The summed E-state index contributed by atoms with van der Waals surface area (Å²) in [5.74, 6) is 1.82. The summed E-state index contributed by atoms with van der Waals surface area (Å²) in [6, 6.07) is 59.1. The van der Waals surface area contributed by atoms with Crippen molar-refractivity contribution in [3.05, 3.63) is 164 Å². The van der Waals surface area contributed by atoms with Gasteiger partial charge in [0.25, 0.3) is 0 Å². The van der Waals surface area contributed by atoms with E-state index in [9.17, 15) is 0 Å². The Balaban J connectivity index is 1.19. The van der Waals surface area contributed by atoms with E-state index in [1.165, 1.54) is 71.2 Å². The first-order valence-electron chi connectivity index (χ1n) is 15.8. The Bertz CT molecular complexity index is 2660. The molecule has 214 valence electrons. The van der Waals surface area contributed by atoms with Crippen LogP contribution in [0.25, 0.3) is 82.4 Å². The Hall–Kier alpha value is -6.12. The number of rotatable bonds is 3. The lowest BCUT2D eigenvalue weighted by Gasteiger charge is -2.22. The smallest absolute Gasteiger partial charge is 0.135 e. The maximum absolute atomic E-state index is 6.42. The van der Waals surface area contributed by atoms with E-state index in [0.717, 1.165) is 22.7 Å². The third-order valence-corrected chi connectivity index (χ3v) is 9.57. The van der Waals surface area contributed by atoms with Crippen LogP contribution in [0.3, 0.4) is 0 Å². The van der Waals surface area contributed by atoms with Gasteiger partial charge in [-0.25, -0.2) is 0 Å². The van der Waals surface area contributed by atoms with Crippen molar-refractivity contribution in [3.8, 4) is 50.6 Å². The number of para-hydroxylation sites is 1. The van der Waals surface area contributed by atoms with Gasteiger partial charge in [0.1, 0.15) is 11.5 Å². The van der Waals surface area contributed by atoms with E-state index >= 15 is 0 Å². The van der Waals surface area contributed by atoms with Crippen LogP contribution < -0.4 is 4.74 Å². The van der Waals surface area contributed by atoms with Gasteiger partial charge in [-0.1, -0.05) is 127 Å². The van der Waals surface area contributed by atoms with Crippen LogP contribution in [0.2, 0.25) is 0 Å². The SMILES string of the molecule is c1ccc(-n2c3cc(-c4ccccc4-c4ccc5c(c4)-c4cccc6cccc(c46)O5)ccc3c3ccc4ccccc4c32)cc1. The molecule has 10 rings (SSSR count). The standard InChI is InChI=1S/C44H27NO/c1-2-13-32(14-3-1)45-40-27-31(21-23-36(40)38-24-20-28-10-4-5-17-35(28)44(38)45)34-16-7-6-15-33(34)30-22-25-41-39(26-30)37-18-8-11-29-12-9-19-42(46-41)43(29)37/h1-27H. The number of aromatic nitrogens is 1. The second-order valence-electron chi connectivity index (χ2n) is 12.1. The summed E-state index contributed by atoms with van der Waals surface area (Å²) in [5.41, 5.74) is 10.7. The molecule has 9 aromatic rings. The molecule has 0 unspecified atom stereocenters. The van der Waals surface area contributed by atoms with Gasteiger partial charge < -0.3 is 9.30 Å². The molecule has 0 saturated carbocycles. The minimum absolute atomic E-state index is 0.897. The van der Waals surface area contributed by atoms with Crippen LogP contribution >= 0.6 is 0 Å². The number of nitrogens with zero attached hydrogens (tertiary/aromatic N) is 1. The second-order valence-corrected chi connectivity index (χ2v) is 12.1. The molecule has 1 aliphatic rings. The van der Waals surface area contributed by atoms with Gasteiger partial charge >= 0.3 is 0 Å². The predicted octanol–water partition coefficient (Wildman–Crippen LogP) is 12.2. The highest BCUT2D eigenvalue weighted by atomic mass is 16.5. The number of ether oxygens (including phenoxy) is 1. The Morgan fingerprint density at radius 1 is 0.391 bits per heavy atom. The average Bonchev–Trinajstić information content (AvgIpc) is 3.46. The molecule has 0 atom stereocenters. The molecule has 0 amide bonds. The Kier molecular flexibility index (Phi) is 5.31. The number of hydrogen-bond acceptors (Lipinski definition) is 1. The third-order valence-electron chi connectivity index (χ3n) is 9.57. The normalized spacial score (nSPS) is 12.1. The summed E-state index contributed by atoms with van der Waals surface area (Å²) < 4.78 is 8.85. The molecule has 0 bridgehead atoms. The molecule has 1 aromatic heterocycles. The summed E-state index contributed by atoms with van der Waals surface area (Å²) in [7, 11) is 0. The molecule has 0 saturated heterocycles. The van der Waals surface area contributed by atoms with E-state index in [1.54, 1.807) is 0 Å². The highest BCUT2D eigenvalue weighted by Crippen LogP contribution is 2.48. The molecule has 8 aromatic carbocycles. The first-order valence-corrected chi connectivity index (χ1v) is 15.8. The van der Waals surface area contributed by atoms with Gasteiger partial charge in [-0.3, -0.25) is 0 Å². The fraction of sp³-hybridized carbons (Fsp3) is 0. The molecule has 0 radical (unpaired) electrons. The largest absolute Gasteiger partial charge is 0.456 e. The minimum atomic E-state index is 0.897. The van der Waals surface area contributed by atoms with Crippen molar-refractivity contribution in [1.29, 1.82) is 0 Å². The number of hydrogen-bond donors (Lipinski definition) is 0. The Morgan fingerprint density at radius 3 is 1.93 bits per heavy atom. The summed E-state index contributed by atoms with van der Waals surface area (Å²) in [6.07, 6.45) is 0. The van der Waals surface area contributed by atoms with Crippen molar-refractivity contribution in [3.63, 3.8) is 0 Å². The minimum Gasteiger partial charge on any atom is -0.456 e. The van der Waals surface area contributed by atoms with Gasteiger partial charge in [0.2, 0.25) is 0 Å². The van der Waals surface area contributed by atoms with Gasteiger partial charge in [0.05, 0.1) is 11.0 Å². The molecule has 46 heavy (non-hydrogen) atoms. The topological polar surface area (TPSA) is 14.2 Å². The molecule has 2 heteroatoms. The van der Waals surface area contributed by atoms with E-state index in [1.807, 2.05) is 0 Å². The quantitative estimate of drug-likeness (QED) is 0.201. The first-order chi connectivity index (χ1) is 22.8. The van der Waals surface area contributed by atoms with E-state index in [2.05, 4.69) is 168 Å². The maximum atomic E-state index is 6.42. The van der Waals surface area contributed by atoms with Gasteiger partial charge in [0, 0.05) is 32.8 Å². The van der Waals surface area contributed by atoms with Crippen molar-refractivity contribution in [2.24, 2.45) is 0 Å². The van der Waals surface area contributed by atoms with Crippen LogP contribution in [-0.4, -0.2) is 4.57 Å². The zero-order valence-electron chi connectivity index (χ0n) is 24.9. The summed E-state index contributed by atoms with van der Waals surface area (Å²) in [5, 5.41) is 7.39. The monoisotopic (exact) mass is 585 g/mol. The van der Waals surface area contributed by atoms with Gasteiger partial charge in [-0.05, 0) is 75.0 Å². The number of benzene rings is 8. The maximum Gasteiger partial charge on any atom is 0.135 e. The predicted molar refractivity (Wildman–Crippen MR) is 192 cm³/mol. The van der Waals surface area contributed by atoms with Crippen molar-refractivity contribution in [2.75, 3.05) is 0 Å². The summed E-state index contributed by atoms with van der Waals surface area (Å²) in [4.78, 5) is 0. The van der Waals surface area contributed by atoms with Crippen molar-refractivity contribution in [2.45, 2.75) is 0 Å². The molecule has 2 nitrogen and oxygen atoms in total. The highest BCUT2D eigenvalue weighted by molar-refractivity contribution is 6.19. The summed E-state index contributed by atoms with van der Waals surface area (Å²) in [6.45, 7) is 0.